The van der Waals surface area contributed by atoms with Crippen LogP contribution in [0.1, 0.15) is 6.92 Å². The van der Waals surface area contributed by atoms with E-state index < -0.39 is 0 Å². The maximum absolute atomic E-state index is 13.3. The third-order valence-corrected chi connectivity index (χ3v) is 5.71. The largest absolute Gasteiger partial charge is 0.378 e. The highest BCUT2D eigenvalue weighted by Gasteiger charge is 2.14. The number of hydrogen-bond donors (Lipinski definition) is 1. The van der Waals surface area contributed by atoms with Crippen LogP contribution >= 0.6 is 0 Å². The average Bonchev–Trinajstić information content (AvgIpc) is 2.73. The van der Waals surface area contributed by atoms with Crippen molar-refractivity contribution in [3.63, 3.8) is 0 Å². The summed E-state index contributed by atoms with van der Waals surface area (Å²) in [5.41, 5.74) is 4.07. The van der Waals surface area contributed by atoms with Gasteiger partial charge in [-0.1, -0.05) is 12.1 Å². The molecule has 0 saturated carbocycles. The van der Waals surface area contributed by atoms with Crippen LogP contribution in [0.2, 0.25) is 0 Å². The molecule has 0 spiro atoms. The Morgan fingerprint density at radius 3 is 2.28 bits per heavy atom. The minimum absolute atomic E-state index is 0.00824. The quantitative estimate of drug-likeness (QED) is 0.464. The van der Waals surface area contributed by atoms with Gasteiger partial charge in [0.25, 0.3) is 0 Å². The van der Waals surface area contributed by atoms with Gasteiger partial charge in [0, 0.05) is 53.4 Å². The van der Waals surface area contributed by atoms with Gasteiger partial charge >= 0.3 is 0 Å². The highest BCUT2D eigenvalue weighted by Crippen LogP contribution is 2.25. The topological polar surface area (TPSA) is 58.1 Å². The van der Waals surface area contributed by atoms with Crippen molar-refractivity contribution in [2.24, 2.45) is 0 Å². The van der Waals surface area contributed by atoms with E-state index in [0.717, 1.165) is 22.2 Å². The number of hydrogen-bond acceptors (Lipinski definition) is 3. The third-order valence-electron chi connectivity index (χ3n) is 5.71. The maximum Gasteiger partial charge on any atom is 0.197 e. The molecule has 0 amide bonds. The molecule has 0 radical (unpaired) electrons. The van der Waals surface area contributed by atoms with Crippen molar-refractivity contribution >= 4 is 49.3 Å². The van der Waals surface area contributed by atoms with Crippen LogP contribution in [0.4, 0.5) is 5.69 Å². The van der Waals surface area contributed by atoms with Crippen LogP contribution in [0.5, 0.6) is 0 Å². The molecule has 5 heteroatoms. The van der Waals surface area contributed by atoms with Crippen molar-refractivity contribution in [2.45, 2.75) is 13.5 Å². The molecule has 144 valence electrons. The second-order valence-corrected chi connectivity index (χ2v) is 7.58. The minimum atomic E-state index is -0.0254. The summed E-state index contributed by atoms with van der Waals surface area (Å²) in [5, 5.41) is 2.56. The molecule has 29 heavy (non-hydrogen) atoms. The highest BCUT2D eigenvalue weighted by molar-refractivity contribution is 6.03. The lowest BCUT2D eigenvalue weighted by atomic mass is 10.0. The lowest BCUT2D eigenvalue weighted by molar-refractivity contribution is 0.821. The molecule has 5 nitrogen and oxygen atoms in total. The number of fused-ring (bicyclic) bond motifs is 4. The van der Waals surface area contributed by atoms with Gasteiger partial charge in [-0.15, -0.1) is 0 Å². The first-order chi connectivity index (χ1) is 14.0. The molecule has 0 bridgehead atoms. The zero-order valence-corrected chi connectivity index (χ0v) is 16.6. The number of para-hydroxylation sites is 1. The molecule has 5 aromatic rings. The fourth-order valence-corrected chi connectivity index (χ4v) is 4.20. The zero-order valence-electron chi connectivity index (χ0n) is 16.6. The van der Waals surface area contributed by atoms with Crippen molar-refractivity contribution in [2.75, 3.05) is 19.0 Å². The number of aryl methyl sites for hydroxylation is 1. The summed E-state index contributed by atoms with van der Waals surface area (Å²) in [6.07, 6.45) is 0. The molecule has 0 unspecified atom stereocenters. The molecule has 0 aliphatic heterocycles. The van der Waals surface area contributed by atoms with Crippen LogP contribution in [-0.4, -0.2) is 23.6 Å². The smallest absolute Gasteiger partial charge is 0.197 e. The summed E-state index contributed by atoms with van der Waals surface area (Å²) >= 11 is 0. The fraction of sp³-hybridized carbons (Fsp3) is 0.167. The van der Waals surface area contributed by atoms with Gasteiger partial charge in [-0.3, -0.25) is 9.59 Å². The normalized spacial score (nSPS) is 11.7. The van der Waals surface area contributed by atoms with Gasteiger partial charge in [-0.2, -0.15) is 0 Å². The van der Waals surface area contributed by atoms with E-state index in [1.807, 2.05) is 73.6 Å². The molecular weight excluding hydrogens is 362 g/mol. The van der Waals surface area contributed by atoms with Crippen molar-refractivity contribution < 1.29 is 0 Å². The average molecular weight is 383 g/mol. The maximum atomic E-state index is 13.3. The minimum Gasteiger partial charge on any atom is -0.378 e. The SMILES string of the molecule is CCn1c2ccccc2c(=O)c2cc3[nH]c4ccc(N(C)C)cc4c(=O)c3cc21. The second-order valence-electron chi connectivity index (χ2n) is 7.58. The van der Waals surface area contributed by atoms with E-state index in [4.69, 9.17) is 0 Å². The van der Waals surface area contributed by atoms with Gasteiger partial charge in [0.1, 0.15) is 0 Å². The monoisotopic (exact) mass is 383 g/mol. The molecule has 5 rings (SSSR count). The van der Waals surface area contributed by atoms with E-state index in [2.05, 4.69) is 16.5 Å². The number of aromatic nitrogens is 2. The Kier molecular flexibility index (Phi) is 3.74. The van der Waals surface area contributed by atoms with Gasteiger partial charge in [-0.25, -0.2) is 0 Å². The molecule has 0 aliphatic rings. The van der Waals surface area contributed by atoms with Crippen LogP contribution in [0.15, 0.2) is 64.2 Å². The number of pyridine rings is 2. The molecule has 2 heterocycles. The van der Waals surface area contributed by atoms with Crippen molar-refractivity contribution in [3.8, 4) is 0 Å². The molecule has 2 aromatic heterocycles. The van der Waals surface area contributed by atoms with Crippen molar-refractivity contribution in [1.29, 1.82) is 0 Å². The predicted molar refractivity (Wildman–Crippen MR) is 121 cm³/mol. The molecule has 0 atom stereocenters. The Morgan fingerprint density at radius 2 is 1.52 bits per heavy atom. The summed E-state index contributed by atoms with van der Waals surface area (Å²) in [5.74, 6) is 0. The van der Waals surface area contributed by atoms with Crippen LogP contribution in [0.3, 0.4) is 0 Å². The van der Waals surface area contributed by atoms with Gasteiger partial charge in [-0.05, 0) is 49.4 Å². The van der Waals surface area contributed by atoms with Crippen molar-refractivity contribution in [1.82, 2.24) is 9.55 Å². The first-order valence-electron chi connectivity index (χ1n) is 9.72. The van der Waals surface area contributed by atoms with Crippen LogP contribution in [0.25, 0.3) is 43.6 Å². The number of nitrogens with one attached hydrogen (secondary N) is 1. The Bertz CT molecular complexity index is 1560. The molecule has 3 aromatic carbocycles. The first-order valence-corrected chi connectivity index (χ1v) is 9.72. The summed E-state index contributed by atoms with van der Waals surface area (Å²) in [6, 6.07) is 17.1. The number of anilines is 1. The summed E-state index contributed by atoms with van der Waals surface area (Å²) in [6.45, 7) is 2.76. The number of aromatic amines is 1. The third kappa shape index (κ3) is 2.47. The Morgan fingerprint density at radius 1 is 0.793 bits per heavy atom. The van der Waals surface area contributed by atoms with E-state index in [1.165, 1.54) is 0 Å². The zero-order chi connectivity index (χ0) is 20.3. The van der Waals surface area contributed by atoms with Crippen LogP contribution in [0, 0.1) is 0 Å². The fourth-order valence-electron chi connectivity index (χ4n) is 4.20. The highest BCUT2D eigenvalue weighted by atomic mass is 16.1. The van der Waals surface area contributed by atoms with Crippen LogP contribution < -0.4 is 15.8 Å². The molecule has 1 N–H and O–H groups in total. The van der Waals surface area contributed by atoms with E-state index >= 15 is 0 Å². The summed E-state index contributed by atoms with van der Waals surface area (Å²) in [4.78, 5) is 31.8. The molecule has 0 saturated heterocycles. The Hall–Kier alpha value is -3.60. The Labute approximate surface area is 166 Å². The second kappa shape index (κ2) is 6.21. The van der Waals surface area contributed by atoms with Crippen LogP contribution in [-0.2, 0) is 6.54 Å². The van der Waals surface area contributed by atoms with Gasteiger partial charge in [0.2, 0.25) is 0 Å². The number of H-pyrrole nitrogens is 1. The molecule has 0 aliphatic carbocycles. The van der Waals surface area contributed by atoms with Gasteiger partial charge < -0.3 is 14.5 Å². The predicted octanol–water partition coefficient (Wildman–Crippen LogP) is 4.24. The Balaban J connectivity index is 1.99. The summed E-state index contributed by atoms with van der Waals surface area (Å²) in [7, 11) is 3.91. The summed E-state index contributed by atoms with van der Waals surface area (Å²) < 4.78 is 2.10. The number of nitrogens with zero attached hydrogens (tertiary/aromatic N) is 2. The number of rotatable bonds is 2. The lowest BCUT2D eigenvalue weighted by Gasteiger charge is -2.15. The van der Waals surface area contributed by atoms with Crippen molar-refractivity contribution in [3.05, 3.63) is 75.0 Å². The van der Waals surface area contributed by atoms with E-state index in [9.17, 15) is 9.59 Å². The number of benzene rings is 3. The standard InChI is InChI=1S/C24H21N3O2/c1-4-27-21-8-6-5-7-15(21)23(28)18-12-20-17(13-22(18)27)24(29)16-11-14(26(2)3)9-10-19(16)25-20/h5-13H,4H2,1-3H3,(H,25,29). The van der Waals surface area contributed by atoms with Gasteiger partial charge in [0.15, 0.2) is 10.9 Å². The van der Waals surface area contributed by atoms with Gasteiger partial charge in [0.05, 0.1) is 16.6 Å². The molecular formula is C24H21N3O2. The lowest BCUT2D eigenvalue weighted by Crippen LogP contribution is -2.13. The van der Waals surface area contributed by atoms with E-state index in [1.54, 1.807) is 0 Å². The molecule has 0 fully saturated rings. The van der Waals surface area contributed by atoms with E-state index in [0.29, 0.717) is 33.6 Å². The van der Waals surface area contributed by atoms with E-state index in [-0.39, 0.29) is 10.9 Å². The first kappa shape index (κ1) is 17.5.